The Morgan fingerprint density at radius 1 is 0.639 bits per heavy atom. The third-order valence-electron chi connectivity index (χ3n) is 7.78. The molecule has 0 aromatic carbocycles. The number of allylic oxidation sites excluding steroid dienone is 2. The number of hydrogen-bond acceptors (Lipinski definition) is 4. The van der Waals surface area contributed by atoms with Crippen LogP contribution in [0.15, 0.2) is 12.2 Å². The number of carbonyl (C=O) groups is 3. The first-order chi connectivity index (χ1) is 17.1. The fourth-order valence-electron chi connectivity index (χ4n) is 5.18. The molecule has 7 nitrogen and oxygen atoms in total. The molecule has 3 unspecified atom stereocenters. The zero-order valence-corrected chi connectivity index (χ0v) is 23.4. The lowest BCUT2D eigenvalue weighted by molar-refractivity contribution is -0.969. The van der Waals surface area contributed by atoms with E-state index in [0.29, 0.717) is 6.42 Å². The minimum atomic E-state index is -1.42. The van der Waals surface area contributed by atoms with Crippen LogP contribution in [0.2, 0.25) is 0 Å². The molecule has 2 N–H and O–H groups in total. The third-order valence-corrected chi connectivity index (χ3v) is 7.78. The zero-order valence-electron chi connectivity index (χ0n) is 23.4. The van der Waals surface area contributed by atoms with Crippen LogP contribution in [0.5, 0.6) is 0 Å². The lowest BCUT2D eigenvalue weighted by Crippen LogP contribution is -2.72. The highest BCUT2D eigenvalue weighted by molar-refractivity contribution is 5.76. The van der Waals surface area contributed by atoms with Gasteiger partial charge in [0.15, 0.2) is 12.1 Å². The molecule has 0 radical (unpaired) electrons. The summed E-state index contributed by atoms with van der Waals surface area (Å²) >= 11 is 0. The quantitative estimate of drug-likeness (QED) is 0.0975. The molecule has 0 saturated carbocycles. The molecule has 0 spiro atoms. The Balaban J connectivity index is 4.20. The second kappa shape index (κ2) is 20.2. The van der Waals surface area contributed by atoms with E-state index in [1.165, 1.54) is 91.4 Å². The van der Waals surface area contributed by atoms with Crippen molar-refractivity contribution in [1.82, 2.24) is 0 Å². The highest BCUT2D eigenvalue weighted by Crippen LogP contribution is 2.27. The monoisotopic (exact) mass is 511 g/mol. The molecular weight excluding hydrogens is 458 g/mol. The molecule has 0 fully saturated rings. The number of hydrogen-bond donors (Lipinski definition) is 2. The van der Waals surface area contributed by atoms with Crippen molar-refractivity contribution in [3.8, 4) is 0 Å². The van der Waals surface area contributed by atoms with Crippen molar-refractivity contribution >= 4 is 17.9 Å². The standard InChI is InChI=1S/C29H53NO6/c1-5-6-7-8-9-10-11-12-13-14-15-16-17-18-19-20-21-22-23-30(24(2)27(31)32,25(3)28(33)34)26(4)29(35)36/h9-10,24-26H,5-8,11-23H2,1-4H3,(H2-,31,32,33,34,35,36)/b10-9+. The van der Waals surface area contributed by atoms with Gasteiger partial charge in [0, 0.05) is 0 Å². The van der Waals surface area contributed by atoms with Crippen LogP contribution < -0.4 is 5.11 Å². The molecule has 0 aromatic heterocycles. The minimum Gasteiger partial charge on any atom is -0.544 e. The van der Waals surface area contributed by atoms with Gasteiger partial charge in [-0.15, -0.1) is 0 Å². The summed E-state index contributed by atoms with van der Waals surface area (Å²) in [7, 11) is 0. The lowest BCUT2D eigenvalue weighted by atomic mass is 10.00. The number of rotatable bonds is 24. The number of unbranched alkanes of at least 4 members (excludes halogenated alkanes) is 14. The Morgan fingerprint density at radius 3 is 1.36 bits per heavy atom. The van der Waals surface area contributed by atoms with Gasteiger partial charge in [0.2, 0.25) is 0 Å². The minimum absolute atomic E-state index is 0.185. The van der Waals surface area contributed by atoms with Gasteiger partial charge in [-0.1, -0.05) is 83.3 Å². The number of carboxylic acid groups (broad SMARTS) is 3. The summed E-state index contributed by atoms with van der Waals surface area (Å²) in [4.78, 5) is 35.2. The van der Waals surface area contributed by atoms with E-state index < -0.39 is 40.5 Å². The van der Waals surface area contributed by atoms with Crippen LogP contribution in [0.4, 0.5) is 0 Å². The maximum atomic E-state index is 11.8. The Bertz CT molecular complexity index is 597. The Labute approximate surface area is 219 Å². The molecule has 0 aliphatic heterocycles. The van der Waals surface area contributed by atoms with E-state index in [9.17, 15) is 29.7 Å². The van der Waals surface area contributed by atoms with Gasteiger partial charge in [0.25, 0.3) is 0 Å². The average Bonchev–Trinajstić information content (AvgIpc) is 2.84. The molecule has 0 aliphatic rings. The molecule has 0 amide bonds. The van der Waals surface area contributed by atoms with Gasteiger partial charge in [0.1, 0.15) is 6.04 Å². The smallest absolute Gasteiger partial charge is 0.362 e. The largest absolute Gasteiger partial charge is 0.544 e. The van der Waals surface area contributed by atoms with Crippen LogP contribution in [-0.2, 0) is 14.4 Å². The summed E-state index contributed by atoms with van der Waals surface area (Å²) in [5.41, 5.74) is 0. The number of nitrogens with zero attached hydrogens (tertiary/aromatic N) is 1. The number of carbonyl (C=O) groups excluding carboxylic acids is 1. The SMILES string of the molecule is CCCCC/C=C/CCCCCCCCCCCCC[N+](C(C)C(=O)[O-])(C(C)C(=O)O)C(C)C(=O)O. The molecule has 0 aromatic rings. The van der Waals surface area contributed by atoms with Crippen LogP contribution in [0.3, 0.4) is 0 Å². The van der Waals surface area contributed by atoms with Crippen LogP contribution in [-0.4, -0.2) is 57.3 Å². The van der Waals surface area contributed by atoms with Gasteiger partial charge in [-0.25, -0.2) is 9.59 Å². The van der Waals surface area contributed by atoms with E-state index in [2.05, 4.69) is 19.1 Å². The number of quaternary nitrogens is 1. The van der Waals surface area contributed by atoms with Crippen LogP contribution in [0.1, 0.15) is 130 Å². The molecule has 0 bridgehead atoms. The summed E-state index contributed by atoms with van der Waals surface area (Å²) in [6, 6.07) is -3.55. The van der Waals surface area contributed by atoms with Crippen molar-refractivity contribution in [3.63, 3.8) is 0 Å². The van der Waals surface area contributed by atoms with Crippen LogP contribution in [0, 0.1) is 0 Å². The van der Waals surface area contributed by atoms with Crippen molar-refractivity contribution in [2.45, 2.75) is 149 Å². The maximum absolute atomic E-state index is 11.8. The Morgan fingerprint density at radius 2 is 1.00 bits per heavy atom. The van der Waals surface area contributed by atoms with E-state index in [-0.39, 0.29) is 6.54 Å². The second-order valence-electron chi connectivity index (χ2n) is 10.4. The topological polar surface area (TPSA) is 115 Å². The molecule has 0 rings (SSSR count). The number of carboxylic acids is 3. The van der Waals surface area contributed by atoms with Gasteiger partial charge in [-0.3, -0.25) is 4.48 Å². The maximum Gasteiger partial charge on any atom is 0.362 e. The first-order valence-corrected chi connectivity index (χ1v) is 14.3. The lowest BCUT2D eigenvalue weighted by Gasteiger charge is -2.49. The van der Waals surface area contributed by atoms with E-state index in [4.69, 9.17) is 0 Å². The van der Waals surface area contributed by atoms with E-state index in [1.807, 2.05) is 0 Å². The van der Waals surface area contributed by atoms with Crippen molar-refractivity contribution in [3.05, 3.63) is 12.2 Å². The summed E-state index contributed by atoms with van der Waals surface area (Å²) in [5, 5.41) is 30.9. The fourth-order valence-corrected chi connectivity index (χ4v) is 5.18. The highest BCUT2D eigenvalue weighted by Gasteiger charge is 2.50. The molecule has 36 heavy (non-hydrogen) atoms. The van der Waals surface area contributed by atoms with Gasteiger partial charge in [0.05, 0.1) is 12.5 Å². The normalized spacial score (nSPS) is 15.9. The van der Waals surface area contributed by atoms with Crippen molar-refractivity contribution in [2.75, 3.05) is 6.54 Å². The molecule has 210 valence electrons. The van der Waals surface area contributed by atoms with Crippen LogP contribution in [0.25, 0.3) is 0 Å². The van der Waals surface area contributed by atoms with Gasteiger partial charge >= 0.3 is 11.9 Å². The summed E-state index contributed by atoms with van der Waals surface area (Å²) < 4.78 is -0.540. The highest BCUT2D eigenvalue weighted by atomic mass is 16.4. The fraction of sp³-hybridized carbons (Fsp3) is 0.828. The van der Waals surface area contributed by atoms with Gasteiger partial charge in [-0.2, -0.15) is 0 Å². The van der Waals surface area contributed by atoms with Crippen LogP contribution >= 0.6 is 0 Å². The molecule has 0 heterocycles. The average molecular weight is 512 g/mol. The van der Waals surface area contributed by atoms with E-state index in [0.717, 1.165) is 25.7 Å². The van der Waals surface area contributed by atoms with Gasteiger partial charge in [-0.05, 0) is 59.3 Å². The summed E-state index contributed by atoms with van der Waals surface area (Å²) in [5.74, 6) is -3.82. The first-order valence-electron chi connectivity index (χ1n) is 14.3. The van der Waals surface area contributed by atoms with Crippen molar-refractivity contribution in [1.29, 1.82) is 0 Å². The molecule has 3 atom stereocenters. The van der Waals surface area contributed by atoms with Gasteiger partial charge < -0.3 is 20.1 Å². The van der Waals surface area contributed by atoms with E-state index >= 15 is 0 Å². The predicted octanol–water partition coefficient (Wildman–Crippen LogP) is 5.71. The van der Waals surface area contributed by atoms with Crippen molar-refractivity contribution in [2.24, 2.45) is 0 Å². The predicted molar refractivity (Wildman–Crippen MR) is 142 cm³/mol. The van der Waals surface area contributed by atoms with E-state index in [1.54, 1.807) is 0 Å². The molecule has 0 aliphatic carbocycles. The molecule has 7 heteroatoms. The second-order valence-corrected chi connectivity index (χ2v) is 10.4. The summed E-state index contributed by atoms with van der Waals surface area (Å²) in [6.07, 6.45) is 23.2. The molecule has 0 saturated heterocycles. The summed E-state index contributed by atoms with van der Waals surface area (Å²) in [6.45, 7) is 6.57. The third kappa shape index (κ3) is 12.9. The Kier molecular flexibility index (Phi) is 19.1. The Hall–Kier alpha value is -1.89. The van der Waals surface area contributed by atoms with Crippen molar-refractivity contribution < 1.29 is 34.2 Å². The number of aliphatic carboxylic acids is 3. The molecular formula is C29H53NO6. The zero-order chi connectivity index (χ0) is 27.4. The first kappa shape index (κ1) is 34.1.